The molecule has 156 valence electrons. The molecular weight excluding hydrogens is 396 g/mol. The molecule has 1 aliphatic heterocycles. The van der Waals surface area contributed by atoms with Crippen LogP contribution in [0.15, 0.2) is 42.5 Å². The maximum absolute atomic E-state index is 12.6. The van der Waals surface area contributed by atoms with E-state index in [1.807, 2.05) is 12.1 Å². The highest BCUT2D eigenvalue weighted by atomic mass is 35.5. The van der Waals surface area contributed by atoms with E-state index in [2.05, 4.69) is 4.90 Å². The van der Waals surface area contributed by atoms with Crippen LogP contribution in [0.4, 0.5) is 0 Å². The third-order valence-corrected chi connectivity index (χ3v) is 4.74. The molecule has 7 nitrogen and oxygen atoms in total. The van der Waals surface area contributed by atoms with Crippen LogP contribution in [0, 0.1) is 0 Å². The lowest BCUT2D eigenvalue weighted by Gasteiger charge is -2.32. The van der Waals surface area contributed by atoms with Crippen molar-refractivity contribution in [2.75, 3.05) is 40.4 Å². The van der Waals surface area contributed by atoms with Crippen molar-refractivity contribution in [3.63, 3.8) is 0 Å². The monoisotopic (exact) mass is 420 g/mol. The van der Waals surface area contributed by atoms with Crippen molar-refractivity contribution in [3.05, 3.63) is 53.6 Å². The summed E-state index contributed by atoms with van der Waals surface area (Å²) in [5.74, 6) is 0.774. The Morgan fingerprint density at radius 1 is 0.966 bits per heavy atom. The third kappa shape index (κ3) is 5.40. The normalized spacial score (nSPS) is 13.9. The van der Waals surface area contributed by atoms with E-state index in [-0.39, 0.29) is 12.4 Å². The summed E-state index contributed by atoms with van der Waals surface area (Å²) in [6, 6.07) is 12.5. The number of benzene rings is 2. The molecule has 0 aliphatic carbocycles. The van der Waals surface area contributed by atoms with Crippen LogP contribution in [0.5, 0.6) is 17.2 Å². The first-order valence-corrected chi connectivity index (χ1v) is 9.09. The second kappa shape index (κ2) is 10.7. The molecule has 0 atom stereocenters. The summed E-state index contributed by atoms with van der Waals surface area (Å²) in [6.45, 7) is 3.43. The van der Waals surface area contributed by atoms with Crippen LogP contribution in [-0.4, -0.2) is 62.6 Å². The van der Waals surface area contributed by atoms with Gasteiger partial charge in [0, 0.05) is 38.3 Å². The topological polar surface area (TPSA) is 68.3 Å². The number of rotatable bonds is 7. The first kappa shape index (κ1) is 22.5. The number of esters is 1. The van der Waals surface area contributed by atoms with Gasteiger partial charge in [-0.25, -0.2) is 4.79 Å². The molecule has 0 N–H and O–H groups in total. The summed E-state index contributed by atoms with van der Waals surface area (Å²) in [5, 5.41) is 0. The molecule has 8 heteroatoms. The minimum absolute atomic E-state index is 0. The first-order chi connectivity index (χ1) is 13.7. The molecule has 29 heavy (non-hydrogen) atoms. The first-order valence-electron chi connectivity index (χ1n) is 9.09. The molecule has 1 saturated heterocycles. The molecule has 0 aromatic heterocycles. The Morgan fingerprint density at radius 3 is 2.24 bits per heavy atom. The van der Waals surface area contributed by atoms with Gasteiger partial charge in [0.25, 0.3) is 0 Å². The largest absolute Gasteiger partial charge is 0.493 e. The van der Waals surface area contributed by atoms with E-state index in [4.69, 9.17) is 14.2 Å². The quantitative estimate of drug-likeness (QED) is 0.389. The molecule has 3 rings (SSSR count). The van der Waals surface area contributed by atoms with E-state index in [9.17, 15) is 9.59 Å². The van der Waals surface area contributed by atoms with E-state index in [1.165, 1.54) is 7.11 Å². The van der Waals surface area contributed by atoms with Crippen molar-refractivity contribution in [2.24, 2.45) is 0 Å². The smallest absolute Gasteiger partial charge is 0.343 e. The molecule has 1 aliphatic rings. The minimum atomic E-state index is -0.459. The number of carbonyl (C=O) groups is 2. The van der Waals surface area contributed by atoms with E-state index in [0.29, 0.717) is 42.4 Å². The summed E-state index contributed by atoms with van der Waals surface area (Å²) in [4.78, 5) is 27.5. The van der Waals surface area contributed by atoms with Gasteiger partial charge in [-0.1, -0.05) is 24.3 Å². The van der Waals surface area contributed by atoms with Gasteiger partial charge in [-0.2, -0.15) is 0 Å². The summed E-state index contributed by atoms with van der Waals surface area (Å²) < 4.78 is 16.6. The zero-order chi connectivity index (χ0) is 19.9. The Labute approximate surface area is 176 Å². The SMILES string of the molecule is COc1ccc(CN2CCN(C=O)CC2)c(OC(=O)c2ccccc2)c1OC.Cl. The highest BCUT2D eigenvalue weighted by Crippen LogP contribution is 2.41. The van der Waals surface area contributed by atoms with E-state index < -0.39 is 5.97 Å². The van der Waals surface area contributed by atoms with Gasteiger partial charge in [-0.15, -0.1) is 12.4 Å². The van der Waals surface area contributed by atoms with Crippen LogP contribution < -0.4 is 14.2 Å². The lowest BCUT2D eigenvalue weighted by atomic mass is 10.1. The number of ether oxygens (including phenoxy) is 3. The summed E-state index contributed by atoms with van der Waals surface area (Å²) >= 11 is 0. The standard InChI is InChI=1S/C21H24N2O5.ClH/c1-26-18-9-8-17(14-22-10-12-23(15-24)13-11-22)19(20(18)27-2)28-21(25)16-6-4-3-5-7-16;/h3-9,15H,10-14H2,1-2H3;1H. The molecule has 1 fully saturated rings. The Balaban J connectivity index is 0.00000300. The van der Waals surface area contributed by atoms with Gasteiger partial charge in [0.2, 0.25) is 12.2 Å². The van der Waals surface area contributed by atoms with Gasteiger partial charge in [0.05, 0.1) is 19.8 Å². The van der Waals surface area contributed by atoms with Gasteiger partial charge < -0.3 is 19.1 Å². The van der Waals surface area contributed by atoms with Crippen LogP contribution in [-0.2, 0) is 11.3 Å². The van der Waals surface area contributed by atoms with E-state index >= 15 is 0 Å². The average Bonchev–Trinajstić information content (AvgIpc) is 2.75. The predicted octanol–water partition coefficient (Wildman–Crippen LogP) is 2.62. The molecule has 1 amide bonds. The fourth-order valence-electron chi connectivity index (χ4n) is 3.17. The summed E-state index contributed by atoms with van der Waals surface area (Å²) in [6.07, 6.45) is 0.876. The van der Waals surface area contributed by atoms with Crippen LogP contribution in [0.3, 0.4) is 0 Å². The zero-order valence-corrected chi connectivity index (χ0v) is 17.3. The Kier molecular flexibility index (Phi) is 8.30. The van der Waals surface area contributed by atoms with E-state index in [1.54, 1.807) is 42.3 Å². The predicted molar refractivity (Wildman–Crippen MR) is 111 cm³/mol. The van der Waals surface area contributed by atoms with Crippen molar-refractivity contribution < 1.29 is 23.8 Å². The third-order valence-electron chi connectivity index (χ3n) is 4.74. The van der Waals surface area contributed by atoms with Crippen molar-refractivity contribution >= 4 is 24.8 Å². The molecule has 2 aromatic rings. The second-order valence-corrected chi connectivity index (χ2v) is 6.46. The zero-order valence-electron chi connectivity index (χ0n) is 16.5. The van der Waals surface area contributed by atoms with Gasteiger partial charge >= 0.3 is 5.97 Å². The molecule has 0 unspecified atom stereocenters. The minimum Gasteiger partial charge on any atom is -0.493 e. The number of piperazine rings is 1. The lowest BCUT2D eigenvalue weighted by molar-refractivity contribution is -0.119. The van der Waals surface area contributed by atoms with Crippen molar-refractivity contribution in [2.45, 2.75) is 6.54 Å². The summed E-state index contributed by atoms with van der Waals surface area (Å²) in [7, 11) is 3.06. The molecule has 0 spiro atoms. The highest BCUT2D eigenvalue weighted by molar-refractivity contribution is 5.91. The molecule has 0 bridgehead atoms. The molecular formula is C21H25ClN2O5. The second-order valence-electron chi connectivity index (χ2n) is 6.46. The molecule has 1 heterocycles. The number of hydrogen-bond acceptors (Lipinski definition) is 6. The number of hydrogen-bond donors (Lipinski definition) is 0. The number of carbonyl (C=O) groups excluding carboxylic acids is 2. The van der Waals surface area contributed by atoms with Gasteiger partial charge in [0.15, 0.2) is 11.5 Å². The molecule has 2 aromatic carbocycles. The fraction of sp³-hybridized carbons (Fsp3) is 0.333. The number of nitrogens with zero attached hydrogens (tertiary/aromatic N) is 2. The van der Waals surface area contributed by atoms with E-state index in [0.717, 1.165) is 25.1 Å². The van der Waals surface area contributed by atoms with Crippen LogP contribution in [0.1, 0.15) is 15.9 Å². The maximum Gasteiger partial charge on any atom is 0.343 e. The Bertz CT molecular complexity index is 823. The molecule has 0 saturated carbocycles. The van der Waals surface area contributed by atoms with Crippen LogP contribution in [0.25, 0.3) is 0 Å². The highest BCUT2D eigenvalue weighted by Gasteiger charge is 2.23. The number of amides is 1. The number of halogens is 1. The van der Waals surface area contributed by atoms with Gasteiger partial charge in [0.1, 0.15) is 0 Å². The van der Waals surface area contributed by atoms with Crippen molar-refractivity contribution in [3.8, 4) is 17.2 Å². The Hall–Kier alpha value is -2.77. The maximum atomic E-state index is 12.6. The van der Waals surface area contributed by atoms with Crippen LogP contribution >= 0.6 is 12.4 Å². The Morgan fingerprint density at radius 2 is 1.66 bits per heavy atom. The molecule has 0 radical (unpaired) electrons. The van der Waals surface area contributed by atoms with Crippen molar-refractivity contribution in [1.82, 2.24) is 9.80 Å². The average molecular weight is 421 g/mol. The van der Waals surface area contributed by atoms with Crippen molar-refractivity contribution in [1.29, 1.82) is 0 Å². The van der Waals surface area contributed by atoms with Gasteiger partial charge in [-0.05, 0) is 18.2 Å². The van der Waals surface area contributed by atoms with Crippen LogP contribution in [0.2, 0.25) is 0 Å². The fourth-order valence-corrected chi connectivity index (χ4v) is 3.17. The number of methoxy groups -OCH3 is 2. The summed E-state index contributed by atoms with van der Waals surface area (Å²) in [5.41, 5.74) is 1.28. The van der Waals surface area contributed by atoms with Gasteiger partial charge in [-0.3, -0.25) is 9.69 Å². The lowest BCUT2D eigenvalue weighted by Crippen LogP contribution is -2.45.